The zero-order chi connectivity index (χ0) is 10.5. The largest absolute Gasteiger partial charge is 0.481 e. The van der Waals surface area contributed by atoms with Gasteiger partial charge in [-0.05, 0) is 29.3 Å². The van der Waals surface area contributed by atoms with Gasteiger partial charge in [-0.1, -0.05) is 13.8 Å². The SMILES string of the molecule is Cc1ccsc1C1C(C(=O)O)C1(C)C. The molecular weight excluding hydrogens is 196 g/mol. The third kappa shape index (κ3) is 1.19. The Morgan fingerprint density at radius 1 is 1.57 bits per heavy atom. The Balaban J connectivity index is 2.32. The van der Waals surface area contributed by atoms with Gasteiger partial charge in [-0.2, -0.15) is 0 Å². The van der Waals surface area contributed by atoms with Gasteiger partial charge >= 0.3 is 5.97 Å². The lowest BCUT2D eigenvalue weighted by Crippen LogP contribution is -2.03. The van der Waals surface area contributed by atoms with Crippen LogP contribution < -0.4 is 0 Å². The van der Waals surface area contributed by atoms with Crippen molar-refractivity contribution in [3.05, 3.63) is 21.9 Å². The molecule has 2 atom stereocenters. The predicted molar refractivity (Wildman–Crippen MR) is 56.7 cm³/mol. The second kappa shape index (κ2) is 2.83. The summed E-state index contributed by atoms with van der Waals surface area (Å²) in [4.78, 5) is 12.3. The highest BCUT2D eigenvalue weighted by Gasteiger charge is 2.63. The van der Waals surface area contributed by atoms with Gasteiger partial charge in [-0.15, -0.1) is 11.3 Å². The van der Waals surface area contributed by atoms with Gasteiger partial charge in [0.1, 0.15) is 0 Å². The number of aliphatic carboxylic acids is 1. The van der Waals surface area contributed by atoms with Gasteiger partial charge in [0.2, 0.25) is 0 Å². The average molecular weight is 210 g/mol. The van der Waals surface area contributed by atoms with Crippen LogP contribution in [0.2, 0.25) is 0 Å². The van der Waals surface area contributed by atoms with Crippen molar-refractivity contribution in [2.75, 3.05) is 0 Å². The van der Waals surface area contributed by atoms with E-state index in [9.17, 15) is 4.79 Å². The zero-order valence-electron chi connectivity index (χ0n) is 8.57. The van der Waals surface area contributed by atoms with Crippen LogP contribution >= 0.6 is 11.3 Å². The molecule has 0 spiro atoms. The fourth-order valence-corrected chi connectivity index (χ4v) is 3.55. The smallest absolute Gasteiger partial charge is 0.307 e. The van der Waals surface area contributed by atoms with Gasteiger partial charge in [0.25, 0.3) is 0 Å². The van der Waals surface area contributed by atoms with Crippen LogP contribution in [0.25, 0.3) is 0 Å². The van der Waals surface area contributed by atoms with Gasteiger partial charge < -0.3 is 5.11 Å². The second-order valence-corrected chi connectivity index (χ2v) is 5.53. The fourth-order valence-electron chi connectivity index (χ4n) is 2.29. The first-order valence-corrected chi connectivity index (χ1v) is 5.61. The summed E-state index contributed by atoms with van der Waals surface area (Å²) < 4.78 is 0. The monoisotopic (exact) mass is 210 g/mol. The molecule has 2 nitrogen and oxygen atoms in total. The van der Waals surface area contributed by atoms with E-state index in [0.717, 1.165) is 0 Å². The Hall–Kier alpha value is -0.830. The van der Waals surface area contributed by atoms with E-state index in [1.807, 2.05) is 19.2 Å². The first-order chi connectivity index (χ1) is 6.46. The van der Waals surface area contributed by atoms with Crippen molar-refractivity contribution in [3.8, 4) is 0 Å². The molecule has 76 valence electrons. The number of thiophene rings is 1. The Bertz CT molecular complexity index is 378. The summed E-state index contributed by atoms with van der Waals surface area (Å²) in [7, 11) is 0. The molecule has 1 aliphatic rings. The molecule has 1 fully saturated rings. The quantitative estimate of drug-likeness (QED) is 0.815. The van der Waals surface area contributed by atoms with Crippen molar-refractivity contribution in [2.45, 2.75) is 26.7 Å². The molecule has 1 aromatic heterocycles. The summed E-state index contributed by atoms with van der Waals surface area (Å²) in [6, 6.07) is 2.06. The van der Waals surface area contributed by atoms with Crippen molar-refractivity contribution in [2.24, 2.45) is 11.3 Å². The molecule has 2 unspecified atom stereocenters. The Kier molecular flexibility index (Phi) is 1.96. The van der Waals surface area contributed by atoms with Crippen LogP contribution in [0.4, 0.5) is 0 Å². The number of carboxylic acid groups (broad SMARTS) is 1. The highest BCUT2D eigenvalue weighted by atomic mass is 32.1. The van der Waals surface area contributed by atoms with Crippen LogP contribution in [0.5, 0.6) is 0 Å². The van der Waals surface area contributed by atoms with E-state index in [2.05, 4.69) is 13.0 Å². The van der Waals surface area contributed by atoms with E-state index < -0.39 is 5.97 Å². The summed E-state index contributed by atoms with van der Waals surface area (Å²) in [5, 5.41) is 11.1. The number of carboxylic acids is 1. The maximum atomic E-state index is 11.0. The first kappa shape index (κ1) is 9.71. The van der Waals surface area contributed by atoms with Crippen LogP contribution in [-0.2, 0) is 4.79 Å². The highest BCUT2D eigenvalue weighted by Crippen LogP contribution is 2.65. The van der Waals surface area contributed by atoms with E-state index in [1.165, 1.54) is 10.4 Å². The van der Waals surface area contributed by atoms with Crippen molar-refractivity contribution in [3.63, 3.8) is 0 Å². The molecule has 1 aromatic rings. The minimum Gasteiger partial charge on any atom is -0.481 e. The highest BCUT2D eigenvalue weighted by molar-refractivity contribution is 7.10. The number of hydrogen-bond donors (Lipinski definition) is 1. The van der Waals surface area contributed by atoms with Crippen molar-refractivity contribution >= 4 is 17.3 Å². The van der Waals surface area contributed by atoms with Gasteiger partial charge in [-0.25, -0.2) is 0 Å². The lowest BCUT2D eigenvalue weighted by atomic mass is 10.1. The zero-order valence-corrected chi connectivity index (χ0v) is 9.39. The van der Waals surface area contributed by atoms with Crippen LogP contribution in [0, 0.1) is 18.3 Å². The first-order valence-electron chi connectivity index (χ1n) is 4.73. The lowest BCUT2D eigenvalue weighted by molar-refractivity contribution is -0.139. The van der Waals surface area contributed by atoms with Crippen LogP contribution in [0.1, 0.15) is 30.2 Å². The minimum atomic E-state index is -0.659. The number of hydrogen-bond acceptors (Lipinski definition) is 2. The maximum Gasteiger partial charge on any atom is 0.307 e. The van der Waals surface area contributed by atoms with E-state index in [4.69, 9.17) is 5.11 Å². The molecule has 0 amide bonds. The molecule has 0 aromatic carbocycles. The van der Waals surface area contributed by atoms with Crippen LogP contribution in [0.3, 0.4) is 0 Å². The topological polar surface area (TPSA) is 37.3 Å². The molecule has 2 rings (SSSR count). The molecule has 1 aliphatic carbocycles. The predicted octanol–water partition coefficient (Wildman–Crippen LogP) is 2.88. The normalized spacial score (nSPS) is 28.8. The molecule has 3 heteroatoms. The summed E-state index contributed by atoms with van der Waals surface area (Å²) in [6.45, 7) is 6.13. The summed E-state index contributed by atoms with van der Waals surface area (Å²) >= 11 is 1.68. The summed E-state index contributed by atoms with van der Waals surface area (Å²) in [5.41, 5.74) is 1.17. The van der Waals surface area contributed by atoms with Crippen molar-refractivity contribution in [1.82, 2.24) is 0 Å². The fraction of sp³-hybridized carbons (Fsp3) is 0.545. The molecule has 0 radical (unpaired) electrons. The molecular formula is C11H14O2S. The van der Waals surface area contributed by atoms with Gasteiger partial charge in [0.15, 0.2) is 0 Å². The van der Waals surface area contributed by atoms with Crippen molar-refractivity contribution < 1.29 is 9.90 Å². The summed E-state index contributed by atoms with van der Waals surface area (Å²) in [5.74, 6) is -0.632. The molecule has 1 heterocycles. The van der Waals surface area contributed by atoms with Crippen molar-refractivity contribution in [1.29, 1.82) is 0 Å². The molecule has 1 saturated carbocycles. The number of rotatable bonds is 2. The Morgan fingerprint density at radius 3 is 2.57 bits per heavy atom. The molecule has 14 heavy (non-hydrogen) atoms. The third-order valence-corrected chi connectivity index (χ3v) is 4.38. The Labute approximate surface area is 87.6 Å². The molecule has 1 N–H and O–H groups in total. The molecule has 0 aliphatic heterocycles. The van der Waals surface area contributed by atoms with Gasteiger partial charge in [-0.3, -0.25) is 4.79 Å². The van der Waals surface area contributed by atoms with E-state index in [0.29, 0.717) is 0 Å². The minimum absolute atomic E-state index is 0.0680. The van der Waals surface area contributed by atoms with E-state index >= 15 is 0 Å². The van der Waals surface area contributed by atoms with E-state index in [-0.39, 0.29) is 17.3 Å². The van der Waals surface area contributed by atoms with Gasteiger partial charge in [0.05, 0.1) is 5.92 Å². The number of carbonyl (C=O) groups is 1. The van der Waals surface area contributed by atoms with E-state index in [1.54, 1.807) is 11.3 Å². The van der Waals surface area contributed by atoms with Crippen LogP contribution in [0.15, 0.2) is 11.4 Å². The maximum absolute atomic E-state index is 11.0. The number of aryl methyl sites for hydroxylation is 1. The lowest BCUT2D eigenvalue weighted by Gasteiger charge is -2.00. The average Bonchev–Trinajstić information content (AvgIpc) is 2.42. The second-order valence-electron chi connectivity index (χ2n) is 4.58. The van der Waals surface area contributed by atoms with Gasteiger partial charge in [0, 0.05) is 10.8 Å². The summed E-state index contributed by atoms with van der Waals surface area (Å²) in [6.07, 6.45) is 0. The standard InChI is InChI=1S/C11H14O2S/c1-6-4-5-14-9(6)7-8(10(12)13)11(7,2)3/h4-5,7-8H,1-3H3,(H,12,13). The molecule has 0 bridgehead atoms. The van der Waals surface area contributed by atoms with Crippen LogP contribution in [-0.4, -0.2) is 11.1 Å². The Morgan fingerprint density at radius 2 is 2.21 bits per heavy atom. The third-order valence-electron chi connectivity index (χ3n) is 3.28. The molecule has 0 saturated heterocycles.